The van der Waals surface area contributed by atoms with E-state index in [4.69, 9.17) is 20.9 Å². The van der Waals surface area contributed by atoms with Crippen LogP contribution >= 0.6 is 0 Å². The summed E-state index contributed by atoms with van der Waals surface area (Å²) in [7, 11) is 0. The third kappa shape index (κ3) is 4.96. The highest BCUT2D eigenvalue weighted by molar-refractivity contribution is 5.50. The molecule has 0 saturated heterocycles. The molecule has 33 heavy (non-hydrogen) atoms. The van der Waals surface area contributed by atoms with Crippen LogP contribution in [0, 0.1) is 13.8 Å². The van der Waals surface area contributed by atoms with Gasteiger partial charge in [0.2, 0.25) is 0 Å². The minimum absolute atomic E-state index is 0.175. The number of aryl methyl sites for hydroxylation is 2. The molecule has 0 unspecified atom stereocenters. The van der Waals surface area contributed by atoms with E-state index in [1.54, 1.807) is 0 Å². The molecule has 0 aliphatic carbocycles. The Bertz CT molecular complexity index is 1160. The minimum Gasteiger partial charge on any atom is -0.457 e. The van der Waals surface area contributed by atoms with Gasteiger partial charge in [-0.3, -0.25) is 0 Å². The molecule has 0 aliphatic rings. The van der Waals surface area contributed by atoms with Crippen molar-refractivity contribution < 1.29 is 9.47 Å². The van der Waals surface area contributed by atoms with Gasteiger partial charge >= 0.3 is 0 Å². The summed E-state index contributed by atoms with van der Waals surface area (Å²) in [6.45, 7) is 8.41. The molecule has 0 aromatic heterocycles. The molecule has 4 aromatic carbocycles. The van der Waals surface area contributed by atoms with E-state index in [1.807, 2.05) is 74.5 Å². The molecule has 4 N–H and O–H groups in total. The van der Waals surface area contributed by atoms with Crippen LogP contribution in [0.25, 0.3) is 0 Å². The number of rotatable bonds is 6. The van der Waals surface area contributed by atoms with Gasteiger partial charge in [0.1, 0.15) is 23.0 Å². The number of hydrogen-bond acceptors (Lipinski definition) is 4. The van der Waals surface area contributed by atoms with Gasteiger partial charge in [-0.15, -0.1) is 0 Å². The minimum atomic E-state index is -0.175. The molecule has 4 heteroatoms. The smallest absolute Gasteiger partial charge is 0.130 e. The standard InChI is InChI=1S/C29H30N2O2/c1-19-17-23(30)9-15-27(19)32-25-11-5-21(6-12-25)29(3,4)22-7-13-26(14-8-22)33-28-16-10-24(31)18-20(28)2/h5-18H,30-31H2,1-4H3. The van der Waals surface area contributed by atoms with Gasteiger partial charge in [0.05, 0.1) is 0 Å². The van der Waals surface area contributed by atoms with Crippen molar-refractivity contribution in [1.82, 2.24) is 0 Å². The summed E-state index contributed by atoms with van der Waals surface area (Å²) in [4.78, 5) is 0. The molecule has 0 fully saturated rings. The van der Waals surface area contributed by atoms with Gasteiger partial charge < -0.3 is 20.9 Å². The summed E-state index contributed by atoms with van der Waals surface area (Å²) in [5, 5.41) is 0. The van der Waals surface area contributed by atoms with Crippen molar-refractivity contribution in [1.29, 1.82) is 0 Å². The van der Waals surface area contributed by atoms with E-state index in [0.29, 0.717) is 0 Å². The fourth-order valence-corrected chi connectivity index (χ4v) is 3.87. The number of ether oxygens (including phenoxy) is 2. The normalized spacial score (nSPS) is 11.3. The fraction of sp³-hybridized carbons (Fsp3) is 0.172. The molecular weight excluding hydrogens is 408 g/mol. The van der Waals surface area contributed by atoms with Gasteiger partial charge in [-0.25, -0.2) is 0 Å². The average molecular weight is 439 g/mol. The highest BCUT2D eigenvalue weighted by Gasteiger charge is 2.23. The lowest BCUT2D eigenvalue weighted by Crippen LogP contribution is -2.18. The average Bonchev–Trinajstić information content (AvgIpc) is 2.78. The maximum absolute atomic E-state index is 6.05. The Morgan fingerprint density at radius 3 is 1.24 bits per heavy atom. The van der Waals surface area contributed by atoms with Gasteiger partial charge in [-0.05, 0) is 96.8 Å². The van der Waals surface area contributed by atoms with Gasteiger partial charge in [-0.1, -0.05) is 38.1 Å². The maximum atomic E-state index is 6.05. The van der Waals surface area contributed by atoms with Crippen LogP contribution in [-0.2, 0) is 5.41 Å². The first-order valence-corrected chi connectivity index (χ1v) is 11.0. The Kier molecular flexibility index (Phi) is 6.01. The van der Waals surface area contributed by atoms with Crippen LogP contribution in [0.3, 0.4) is 0 Å². The van der Waals surface area contributed by atoms with E-state index in [9.17, 15) is 0 Å². The molecule has 0 amide bonds. The number of nitrogens with two attached hydrogens (primary N) is 2. The number of benzene rings is 4. The Hall–Kier alpha value is -3.92. The first-order valence-electron chi connectivity index (χ1n) is 11.0. The molecule has 4 aromatic rings. The van der Waals surface area contributed by atoms with Crippen molar-refractivity contribution in [2.45, 2.75) is 33.1 Å². The van der Waals surface area contributed by atoms with Crippen molar-refractivity contribution in [2.75, 3.05) is 11.5 Å². The molecule has 0 radical (unpaired) electrons. The predicted octanol–water partition coefficient (Wildman–Crippen LogP) is 7.38. The second-order valence-corrected chi connectivity index (χ2v) is 8.93. The Labute approximate surface area is 195 Å². The van der Waals surface area contributed by atoms with E-state index in [2.05, 4.69) is 38.1 Å². The van der Waals surface area contributed by atoms with Crippen molar-refractivity contribution in [2.24, 2.45) is 0 Å². The number of anilines is 2. The van der Waals surface area contributed by atoms with Crippen LogP contribution in [-0.4, -0.2) is 0 Å². The summed E-state index contributed by atoms with van der Waals surface area (Å²) in [6, 6.07) is 27.8. The molecule has 0 atom stereocenters. The second-order valence-electron chi connectivity index (χ2n) is 8.93. The zero-order valence-electron chi connectivity index (χ0n) is 19.6. The molecule has 4 rings (SSSR count). The van der Waals surface area contributed by atoms with E-state index in [0.717, 1.165) is 45.5 Å². The topological polar surface area (TPSA) is 70.5 Å². The van der Waals surface area contributed by atoms with Crippen LogP contribution in [0.1, 0.15) is 36.1 Å². The monoisotopic (exact) mass is 438 g/mol. The summed E-state index contributed by atoms with van der Waals surface area (Å²) < 4.78 is 12.1. The van der Waals surface area contributed by atoms with Gasteiger partial charge in [-0.2, -0.15) is 0 Å². The van der Waals surface area contributed by atoms with Crippen LogP contribution in [0.15, 0.2) is 84.9 Å². The fourth-order valence-electron chi connectivity index (χ4n) is 3.87. The summed E-state index contributed by atoms with van der Waals surface area (Å²) >= 11 is 0. The zero-order valence-corrected chi connectivity index (χ0v) is 19.6. The number of hydrogen-bond donors (Lipinski definition) is 2. The molecule has 0 saturated carbocycles. The van der Waals surface area contributed by atoms with E-state index in [-0.39, 0.29) is 5.41 Å². The SMILES string of the molecule is Cc1cc(N)ccc1Oc1ccc(C(C)(C)c2ccc(Oc3ccc(N)cc3C)cc2)cc1. The van der Waals surface area contributed by atoms with E-state index >= 15 is 0 Å². The summed E-state index contributed by atoms with van der Waals surface area (Å²) in [5.74, 6) is 3.21. The van der Waals surface area contributed by atoms with Crippen LogP contribution in [0.2, 0.25) is 0 Å². The Morgan fingerprint density at radius 1 is 0.545 bits per heavy atom. The first kappa shape index (κ1) is 22.3. The molecule has 0 heterocycles. The molecule has 4 nitrogen and oxygen atoms in total. The molecule has 0 aliphatic heterocycles. The number of nitrogen functional groups attached to an aromatic ring is 2. The van der Waals surface area contributed by atoms with E-state index in [1.165, 1.54) is 11.1 Å². The molecule has 0 bridgehead atoms. The zero-order chi connectivity index (χ0) is 23.6. The third-order valence-corrected chi connectivity index (χ3v) is 6.01. The predicted molar refractivity (Wildman–Crippen MR) is 136 cm³/mol. The highest BCUT2D eigenvalue weighted by Crippen LogP contribution is 2.35. The largest absolute Gasteiger partial charge is 0.457 e. The molecule has 168 valence electrons. The second kappa shape index (κ2) is 8.91. The Morgan fingerprint density at radius 2 is 0.909 bits per heavy atom. The first-order chi connectivity index (χ1) is 15.7. The lowest BCUT2D eigenvalue weighted by atomic mass is 9.78. The van der Waals surface area contributed by atoms with Gasteiger partial charge in [0, 0.05) is 16.8 Å². The molecular formula is C29H30N2O2. The Balaban J connectivity index is 1.49. The van der Waals surface area contributed by atoms with Gasteiger partial charge in [0.25, 0.3) is 0 Å². The van der Waals surface area contributed by atoms with E-state index < -0.39 is 0 Å². The lowest BCUT2D eigenvalue weighted by molar-refractivity contribution is 0.477. The van der Waals surface area contributed by atoms with Crippen molar-refractivity contribution in [3.8, 4) is 23.0 Å². The van der Waals surface area contributed by atoms with Gasteiger partial charge in [0.15, 0.2) is 0 Å². The summed E-state index contributed by atoms with van der Waals surface area (Å²) in [5.41, 5.74) is 17.4. The lowest BCUT2D eigenvalue weighted by Gasteiger charge is -2.26. The van der Waals surface area contributed by atoms with Crippen LogP contribution in [0.5, 0.6) is 23.0 Å². The maximum Gasteiger partial charge on any atom is 0.130 e. The third-order valence-electron chi connectivity index (χ3n) is 6.01. The van der Waals surface area contributed by atoms with Crippen LogP contribution < -0.4 is 20.9 Å². The van der Waals surface area contributed by atoms with Crippen molar-refractivity contribution >= 4 is 11.4 Å². The molecule has 0 spiro atoms. The highest BCUT2D eigenvalue weighted by atomic mass is 16.5. The quantitative estimate of drug-likeness (QED) is 0.308. The van der Waals surface area contributed by atoms with Crippen molar-refractivity contribution in [3.63, 3.8) is 0 Å². The summed E-state index contributed by atoms with van der Waals surface area (Å²) in [6.07, 6.45) is 0. The van der Waals surface area contributed by atoms with Crippen LogP contribution in [0.4, 0.5) is 11.4 Å². The van der Waals surface area contributed by atoms with Crippen molar-refractivity contribution in [3.05, 3.63) is 107 Å².